The standard InChI is InChI=1S/C19H27F3N4O/c20-19(21,22)16-11-23-17(24-16)13-5-3-9-25(12-13)18(27)15-8-4-10-26(15)14-6-1-2-7-14/h11,13-15H,1-10,12H2,(H,23,24). The monoisotopic (exact) mass is 384 g/mol. The summed E-state index contributed by atoms with van der Waals surface area (Å²) in [5, 5.41) is 0. The van der Waals surface area contributed by atoms with Crippen molar-refractivity contribution in [1.82, 2.24) is 19.8 Å². The first-order valence-electron chi connectivity index (χ1n) is 10.1. The van der Waals surface area contributed by atoms with E-state index >= 15 is 0 Å². The fourth-order valence-electron chi connectivity index (χ4n) is 5.03. The van der Waals surface area contributed by atoms with Gasteiger partial charge >= 0.3 is 6.18 Å². The summed E-state index contributed by atoms with van der Waals surface area (Å²) in [5.41, 5.74) is -0.816. The number of piperidine rings is 1. The zero-order valence-electron chi connectivity index (χ0n) is 15.5. The molecule has 150 valence electrons. The van der Waals surface area contributed by atoms with Crippen LogP contribution in [0.3, 0.4) is 0 Å². The Hall–Kier alpha value is -1.57. The number of hydrogen-bond donors (Lipinski definition) is 1. The van der Waals surface area contributed by atoms with Gasteiger partial charge in [0, 0.05) is 25.0 Å². The van der Waals surface area contributed by atoms with E-state index in [-0.39, 0.29) is 17.9 Å². The zero-order chi connectivity index (χ0) is 19.0. The predicted molar refractivity (Wildman–Crippen MR) is 94.1 cm³/mol. The number of likely N-dealkylation sites (tertiary alicyclic amines) is 2. The number of aromatic amines is 1. The van der Waals surface area contributed by atoms with Gasteiger partial charge in [-0.1, -0.05) is 12.8 Å². The third-order valence-corrected chi connectivity index (χ3v) is 6.39. The number of aromatic nitrogens is 2. The van der Waals surface area contributed by atoms with Gasteiger partial charge in [-0.2, -0.15) is 13.2 Å². The van der Waals surface area contributed by atoms with Crippen molar-refractivity contribution in [3.63, 3.8) is 0 Å². The van der Waals surface area contributed by atoms with E-state index < -0.39 is 11.9 Å². The SMILES string of the molecule is O=C(C1CCCN1C1CCCC1)N1CCCC(c2ncc(C(F)(F)F)[nH]2)C1. The average Bonchev–Trinajstić information content (AvgIpc) is 3.41. The van der Waals surface area contributed by atoms with Gasteiger partial charge in [0.2, 0.25) is 5.91 Å². The first-order chi connectivity index (χ1) is 12.9. The second-order valence-electron chi connectivity index (χ2n) is 8.14. The number of carbonyl (C=O) groups is 1. The normalized spacial score (nSPS) is 28.2. The quantitative estimate of drug-likeness (QED) is 0.867. The van der Waals surface area contributed by atoms with E-state index in [1.54, 1.807) is 0 Å². The molecule has 2 unspecified atom stereocenters. The highest BCUT2D eigenvalue weighted by atomic mass is 19.4. The van der Waals surface area contributed by atoms with Crippen molar-refractivity contribution in [1.29, 1.82) is 0 Å². The first-order valence-corrected chi connectivity index (χ1v) is 10.1. The van der Waals surface area contributed by atoms with Crippen LogP contribution in [0.15, 0.2) is 6.20 Å². The lowest BCUT2D eigenvalue weighted by atomic mass is 9.96. The molecule has 4 rings (SSSR count). The van der Waals surface area contributed by atoms with Gasteiger partial charge in [0.15, 0.2) is 0 Å². The molecule has 1 aromatic rings. The number of nitrogens with zero attached hydrogens (tertiary/aromatic N) is 3. The van der Waals surface area contributed by atoms with E-state index in [4.69, 9.17) is 0 Å². The van der Waals surface area contributed by atoms with Gasteiger partial charge in [-0.15, -0.1) is 0 Å². The second-order valence-corrected chi connectivity index (χ2v) is 8.14. The van der Waals surface area contributed by atoms with Gasteiger partial charge in [0.25, 0.3) is 0 Å². The van der Waals surface area contributed by atoms with Crippen molar-refractivity contribution in [3.8, 4) is 0 Å². The Balaban J connectivity index is 1.43. The summed E-state index contributed by atoms with van der Waals surface area (Å²) >= 11 is 0. The summed E-state index contributed by atoms with van der Waals surface area (Å²) in [7, 11) is 0. The summed E-state index contributed by atoms with van der Waals surface area (Å²) < 4.78 is 38.5. The lowest BCUT2D eigenvalue weighted by Crippen LogP contribution is -2.51. The van der Waals surface area contributed by atoms with Crippen LogP contribution in [0.25, 0.3) is 0 Å². The molecule has 0 radical (unpaired) electrons. The highest BCUT2D eigenvalue weighted by Gasteiger charge is 2.40. The highest BCUT2D eigenvalue weighted by molar-refractivity contribution is 5.82. The van der Waals surface area contributed by atoms with E-state index in [2.05, 4.69) is 14.9 Å². The number of alkyl halides is 3. The number of rotatable bonds is 3. The number of H-pyrrole nitrogens is 1. The molecule has 2 atom stereocenters. The highest BCUT2D eigenvalue weighted by Crippen LogP contribution is 2.34. The third-order valence-electron chi connectivity index (χ3n) is 6.39. The molecule has 1 amide bonds. The molecule has 3 heterocycles. The van der Waals surface area contributed by atoms with Crippen LogP contribution in [0.2, 0.25) is 0 Å². The van der Waals surface area contributed by atoms with E-state index in [1.165, 1.54) is 25.7 Å². The Bertz CT molecular complexity index is 668. The summed E-state index contributed by atoms with van der Waals surface area (Å²) in [6.45, 7) is 2.14. The number of halogens is 3. The van der Waals surface area contributed by atoms with Crippen molar-refractivity contribution in [2.75, 3.05) is 19.6 Å². The molecule has 2 aliphatic heterocycles. The fourth-order valence-corrected chi connectivity index (χ4v) is 5.03. The van der Waals surface area contributed by atoms with Crippen LogP contribution in [0.1, 0.15) is 68.8 Å². The molecular weight excluding hydrogens is 357 g/mol. The summed E-state index contributed by atoms with van der Waals surface area (Å²) in [5.74, 6) is 0.353. The minimum atomic E-state index is -4.42. The molecule has 1 aliphatic carbocycles. The van der Waals surface area contributed by atoms with Gasteiger partial charge in [0.05, 0.1) is 12.2 Å². The van der Waals surface area contributed by atoms with Crippen molar-refractivity contribution in [3.05, 3.63) is 17.7 Å². The predicted octanol–water partition coefficient (Wildman–Crippen LogP) is 3.54. The van der Waals surface area contributed by atoms with Crippen LogP contribution in [-0.4, -0.2) is 57.4 Å². The molecule has 0 spiro atoms. The first kappa shape index (κ1) is 18.8. The van der Waals surface area contributed by atoms with Crippen LogP contribution in [0, 0.1) is 0 Å². The molecule has 3 aliphatic rings. The Labute approximate surface area is 157 Å². The fraction of sp³-hybridized carbons (Fsp3) is 0.789. The molecule has 1 aromatic heterocycles. The molecule has 27 heavy (non-hydrogen) atoms. The second kappa shape index (κ2) is 7.45. The molecule has 1 saturated carbocycles. The van der Waals surface area contributed by atoms with Gasteiger partial charge in [0.1, 0.15) is 11.5 Å². The van der Waals surface area contributed by atoms with Gasteiger partial charge in [-0.3, -0.25) is 9.69 Å². The summed E-state index contributed by atoms with van der Waals surface area (Å²) in [4.78, 5) is 23.8. The molecule has 1 N–H and O–H groups in total. The molecule has 2 saturated heterocycles. The average molecular weight is 384 g/mol. The Morgan fingerprint density at radius 3 is 2.52 bits per heavy atom. The van der Waals surface area contributed by atoms with Crippen molar-refractivity contribution in [2.45, 2.75) is 75.5 Å². The maximum Gasteiger partial charge on any atom is 0.432 e. The number of carbonyl (C=O) groups excluding carboxylic acids is 1. The van der Waals surface area contributed by atoms with E-state index in [1.807, 2.05) is 4.90 Å². The third kappa shape index (κ3) is 3.86. The van der Waals surface area contributed by atoms with Crippen molar-refractivity contribution in [2.24, 2.45) is 0 Å². The summed E-state index contributed by atoms with van der Waals surface area (Å²) in [6, 6.07) is 0.482. The molecule has 5 nitrogen and oxygen atoms in total. The van der Waals surface area contributed by atoms with Crippen molar-refractivity contribution < 1.29 is 18.0 Å². The number of hydrogen-bond acceptors (Lipinski definition) is 3. The molecule has 8 heteroatoms. The van der Waals surface area contributed by atoms with E-state index in [0.717, 1.165) is 38.4 Å². The van der Waals surface area contributed by atoms with Gasteiger partial charge in [-0.25, -0.2) is 4.98 Å². The molecule has 0 aromatic carbocycles. The van der Waals surface area contributed by atoms with Crippen LogP contribution in [0.4, 0.5) is 13.2 Å². The lowest BCUT2D eigenvalue weighted by Gasteiger charge is -2.37. The van der Waals surface area contributed by atoms with Gasteiger partial charge < -0.3 is 9.88 Å². The Morgan fingerprint density at radius 2 is 1.81 bits per heavy atom. The Morgan fingerprint density at radius 1 is 1.07 bits per heavy atom. The van der Waals surface area contributed by atoms with Crippen LogP contribution in [0.5, 0.6) is 0 Å². The van der Waals surface area contributed by atoms with Crippen LogP contribution < -0.4 is 0 Å². The Kier molecular flexibility index (Phi) is 5.18. The number of imidazole rings is 1. The molecule has 3 fully saturated rings. The van der Waals surface area contributed by atoms with Crippen LogP contribution in [-0.2, 0) is 11.0 Å². The summed E-state index contributed by atoms with van der Waals surface area (Å²) in [6.07, 6.45) is 4.79. The minimum absolute atomic E-state index is 0.0470. The molecule has 0 bridgehead atoms. The topological polar surface area (TPSA) is 52.2 Å². The van der Waals surface area contributed by atoms with E-state index in [0.29, 0.717) is 25.0 Å². The van der Waals surface area contributed by atoms with Gasteiger partial charge in [-0.05, 0) is 45.1 Å². The smallest absolute Gasteiger partial charge is 0.341 e. The maximum absolute atomic E-state index is 13.2. The zero-order valence-corrected chi connectivity index (χ0v) is 15.5. The maximum atomic E-state index is 13.2. The molecular formula is C19H27F3N4O. The largest absolute Gasteiger partial charge is 0.432 e. The minimum Gasteiger partial charge on any atom is -0.341 e. The van der Waals surface area contributed by atoms with Crippen LogP contribution >= 0.6 is 0 Å². The number of nitrogens with one attached hydrogen (secondary N) is 1. The number of amides is 1. The lowest BCUT2D eigenvalue weighted by molar-refractivity contribution is -0.141. The van der Waals surface area contributed by atoms with Crippen molar-refractivity contribution >= 4 is 5.91 Å². The van der Waals surface area contributed by atoms with E-state index in [9.17, 15) is 18.0 Å².